The number of carbonyl (C=O) groups excluding carboxylic acids is 1. The van der Waals surface area contributed by atoms with Gasteiger partial charge in [0.15, 0.2) is 0 Å². The van der Waals surface area contributed by atoms with Crippen LogP contribution in [0.2, 0.25) is 0 Å². The number of aromatic nitrogens is 1. The molecule has 1 unspecified atom stereocenters. The normalized spacial score (nSPS) is 16.0. The fourth-order valence-corrected chi connectivity index (χ4v) is 4.49. The Balaban J connectivity index is 1.67. The number of fused-ring (bicyclic) bond motifs is 2. The first-order chi connectivity index (χ1) is 14.1. The molecule has 0 fully saturated rings. The number of nitrogens with zero attached hydrogens (tertiary/aromatic N) is 1. The lowest BCUT2D eigenvalue weighted by molar-refractivity contribution is 0.190. The second-order valence-electron chi connectivity index (χ2n) is 7.76. The van der Waals surface area contributed by atoms with Crippen molar-refractivity contribution in [1.82, 2.24) is 9.88 Å². The van der Waals surface area contributed by atoms with Crippen LogP contribution in [0.5, 0.6) is 0 Å². The van der Waals surface area contributed by atoms with E-state index < -0.39 is 0 Å². The van der Waals surface area contributed by atoms with Crippen LogP contribution in [0.3, 0.4) is 0 Å². The summed E-state index contributed by atoms with van der Waals surface area (Å²) in [7, 11) is 0. The molecular weight excluding hydrogens is 358 g/mol. The third-order valence-electron chi connectivity index (χ3n) is 5.93. The van der Waals surface area contributed by atoms with Crippen LogP contribution in [-0.2, 0) is 6.42 Å². The van der Waals surface area contributed by atoms with E-state index in [0.717, 1.165) is 28.5 Å². The van der Waals surface area contributed by atoms with Gasteiger partial charge in [-0.25, -0.2) is 4.79 Å². The third-order valence-corrected chi connectivity index (χ3v) is 5.93. The molecule has 144 valence electrons. The average molecular weight is 381 g/mol. The number of rotatable bonds is 2. The number of primary amides is 1. The fourth-order valence-electron chi connectivity index (χ4n) is 4.49. The van der Waals surface area contributed by atoms with Gasteiger partial charge in [-0.1, -0.05) is 60.2 Å². The minimum absolute atomic E-state index is 0.184. The number of urea groups is 1. The molecule has 0 saturated heterocycles. The van der Waals surface area contributed by atoms with E-state index in [-0.39, 0.29) is 12.1 Å². The fraction of sp³-hybridized carbons (Fsp3) is 0.160. The van der Waals surface area contributed by atoms with Crippen LogP contribution in [0.4, 0.5) is 4.79 Å². The number of hydrogen-bond donors (Lipinski definition) is 2. The summed E-state index contributed by atoms with van der Waals surface area (Å²) >= 11 is 0. The summed E-state index contributed by atoms with van der Waals surface area (Å²) in [4.78, 5) is 17.4. The van der Waals surface area contributed by atoms with Gasteiger partial charge in [0.2, 0.25) is 0 Å². The molecule has 2 amide bonds. The second-order valence-corrected chi connectivity index (χ2v) is 7.76. The van der Waals surface area contributed by atoms with Gasteiger partial charge in [0.05, 0.1) is 6.04 Å². The van der Waals surface area contributed by atoms with E-state index in [2.05, 4.69) is 72.6 Å². The molecule has 5 rings (SSSR count). The Bertz CT molecular complexity index is 1210. The van der Waals surface area contributed by atoms with Crippen LogP contribution < -0.4 is 5.73 Å². The minimum Gasteiger partial charge on any atom is -0.361 e. The Morgan fingerprint density at radius 2 is 1.83 bits per heavy atom. The zero-order valence-corrected chi connectivity index (χ0v) is 16.4. The zero-order chi connectivity index (χ0) is 20.0. The van der Waals surface area contributed by atoms with E-state index in [1.165, 1.54) is 22.3 Å². The summed E-state index contributed by atoms with van der Waals surface area (Å²) in [5, 5.41) is 1.14. The predicted octanol–water partition coefficient (Wildman–Crippen LogP) is 5.17. The summed E-state index contributed by atoms with van der Waals surface area (Å²) < 4.78 is 0. The average Bonchev–Trinajstić information content (AvgIpc) is 3.15. The molecule has 29 heavy (non-hydrogen) atoms. The van der Waals surface area contributed by atoms with Gasteiger partial charge in [0.25, 0.3) is 0 Å². The molecule has 3 aromatic carbocycles. The van der Waals surface area contributed by atoms with Crippen LogP contribution in [0.15, 0.2) is 72.9 Å². The lowest BCUT2D eigenvalue weighted by Crippen LogP contribution is -2.43. The van der Waals surface area contributed by atoms with Gasteiger partial charge in [-0.2, -0.15) is 0 Å². The summed E-state index contributed by atoms with van der Waals surface area (Å²) in [5.41, 5.74) is 14.0. The Hall–Kier alpha value is -3.53. The molecule has 1 aliphatic rings. The van der Waals surface area contributed by atoms with E-state index in [0.29, 0.717) is 6.54 Å². The number of hydrogen-bond acceptors (Lipinski definition) is 1. The lowest BCUT2D eigenvalue weighted by Gasteiger charge is -2.36. The summed E-state index contributed by atoms with van der Waals surface area (Å²) in [6, 6.07) is 22.7. The highest BCUT2D eigenvalue weighted by Crippen LogP contribution is 2.39. The quantitative estimate of drug-likeness (QED) is 0.494. The smallest absolute Gasteiger partial charge is 0.315 e. The Kier molecular flexibility index (Phi) is 4.13. The first-order valence-electron chi connectivity index (χ1n) is 9.94. The van der Waals surface area contributed by atoms with Crippen molar-refractivity contribution in [2.45, 2.75) is 19.4 Å². The predicted molar refractivity (Wildman–Crippen MR) is 117 cm³/mol. The number of carbonyl (C=O) groups is 1. The molecule has 0 spiro atoms. The van der Waals surface area contributed by atoms with Gasteiger partial charge in [0, 0.05) is 29.2 Å². The van der Waals surface area contributed by atoms with Crippen molar-refractivity contribution in [2.75, 3.05) is 6.54 Å². The van der Waals surface area contributed by atoms with Crippen molar-refractivity contribution in [3.8, 4) is 11.1 Å². The summed E-state index contributed by atoms with van der Waals surface area (Å²) in [5.74, 6) is 0. The molecule has 3 N–H and O–H groups in total. The van der Waals surface area contributed by atoms with E-state index in [1.54, 1.807) is 4.90 Å². The van der Waals surface area contributed by atoms with Crippen LogP contribution in [0, 0.1) is 6.92 Å². The van der Waals surface area contributed by atoms with Crippen molar-refractivity contribution in [3.05, 3.63) is 95.2 Å². The first-order valence-corrected chi connectivity index (χ1v) is 9.94. The van der Waals surface area contributed by atoms with Crippen LogP contribution in [-0.4, -0.2) is 22.5 Å². The molecule has 4 nitrogen and oxygen atoms in total. The zero-order valence-electron chi connectivity index (χ0n) is 16.4. The van der Waals surface area contributed by atoms with Crippen molar-refractivity contribution >= 4 is 16.9 Å². The highest BCUT2D eigenvalue weighted by Gasteiger charge is 2.32. The number of nitrogens with one attached hydrogen (secondary N) is 1. The molecule has 1 aliphatic heterocycles. The van der Waals surface area contributed by atoms with E-state index >= 15 is 0 Å². The third kappa shape index (κ3) is 2.97. The standard InChI is InChI=1S/C25H23N3O/c1-16-7-10-23-21(13-16)22(15-27-23)24-20-9-8-18(17-5-3-2-4-6-17)14-19(20)11-12-28(24)25(26)29/h2-10,13-15,24,27H,11-12H2,1H3,(H2,26,29). The van der Waals surface area contributed by atoms with Gasteiger partial charge in [-0.15, -0.1) is 0 Å². The molecule has 0 radical (unpaired) electrons. The van der Waals surface area contributed by atoms with Gasteiger partial charge >= 0.3 is 6.03 Å². The largest absolute Gasteiger partial charge is 0.361 e. The van der Waals surface area contributed by atoms with E-state index in [4.69, 9.17) is 5.73 Å². The van der Waals surface area contributed by atoms with E-state index in [1.807, 2.05) is 12.3 Å². The topological polar surface area (TPSA) is 62.1 Å². The van der Waals surface area contributed by atoms with Crippen LogP contribution in [0.25, 0.3) is 22.0 Å². The van der Waals surface area contributed by atoms with Gasteiger partial charge in [-0.3, -0.25) is 0 Å². The van der Waals surface area contributed by atoms with Crippen LogP contribution in [0.1, 0.15) is 28.3 Å². The SMILES string of the molecule is Cc1ccc2[nH]cc(C3c4ccc(-c5ccccc5)cc4CCN3C(N)=O)c2c1. The van der Waals surface area contributed by atoms with Crippen LogP contribution >= 0.6 is 0 Å². The maximum Gasteiger partial charge on any atom is 0.315 e. The van der Waals surface area contributed by atoms with Crippen molar-refractivity contribution < 1.29 is 4.79 Å². The molecule has 0 saturated carbocycles. The minimum atomic E-state index is -0.380. The Morgan fingerprint density at radius 1 is 1.00 bits per heavy atom. The number of H-pyrrole nitrogens is 1. The molecule has 0 aliphatic carbocycles. The summed E-state index contributed by atoms with van der Waals surface area (Å²) in [6.45, 7) is 2.70. The highest BCUT2D eigenvalue weighted by molar-refractivity contribution is 5.86. The number of amides is 2. The van der Waals surface area contributed by atoms with Gasteiger partial charge < -0.3 is 15.6 Å². The molecule has 1 atom stereocenters. The number of aromatic amines is 1. The maximum absolute atomic E-state index is 12.3. The molecular formula is C25H23N3O. The van der Waals surface area contributed by atoms with E-state index in [9.17, 15) is 4.79 Å². The Morgan fingerprint density at radius 3 is 2.62 bits per heavy atom. The molecule has 4 heteroatoms. The molecule has 4 aromatic rings. The molecule has 0 bridgehead atoms. The monoisotopic (exact) mass is 381 g/mol. The first kappa shape index (κ1) is 17.6. The number of benzene rings is 3. The van der Waals surface area contributed by atoms with Crippen molar-refractivity contribution in [2.24, 2.45) is 5.73 Å². The van der Waals surface area contributed by atoms with Gasteiger partial charge in [0.1, 0.15) is 0 Å². The maximum atomic E-state index is 12.3. The molecule has 1 aromatic heterocycles. The second kappa shape index (κ2) is 6.82. The molecule has 2 heterocycles. The lowest BCUT2D eigenvalue weighted by atomic mass is 9.86. The van der Waals surface area contributed by atoms with Crippen molar-refractivity contribution in [1.29, 1.82) is 0 Å². The Labute approximate surface area is 170 Å². The number of nitrogens with two attached hydrogens (primary N) is 1. The summed E-state index contributed by atoms with van der Waals surface area (Å²) in [6.07, 6.45) is 2.82. The van der Waals surface area contributed by atoms with Gasteiger partial charge in [-0.05, 0) is 47.7 Å². The number of aryl methyl sites for hydroxylation is 1. The highest BCUT2D eigenvalue weighted by atomic mass is 16.2. The van der Waals surface area contributed by atoms with Crippen molar-refractivity contribution in [3.63, 3.8) is 0 Å².